The van der Waals surface area contributed by atoms with E-state index < -0.39 is 11.6 Å². The van der Waals surface area contributed by atoms with Gasteiger partial charge in [0.15, 0.2) is 5.78 Å². The molecule has 3 amide bonds. The van der Waals surface area contributed by atoms with Gasteiger partial charge in [-0.1, -0.05) is 6.92 Å². The lowest BCUT2D eigenvalue weighted by Crippen LogP contribution is -2.49. The second-order valence-electron chi connectivity index (χ2n) is 8.47. The third-order valence-corrected chi connectivity index (χ3v) is 6.31. The van der Waals surface area contributed by atoms with Gasteiger partial charge in [0.1, 0.15) is 5.54 Å². The predicted molar refractivity (Wildman–Crippen MR) is 105 cm³/mol. The predicted octanol–water partition coefficient (Wildman–Crippen LogP) is 3.00. The summed E-state index contributed by atoms with van der Waals surface area (Å²) in [5.74, 6) is 0.0958. The first-order valence-electron chi connectivity index (χ1n) is 10.0. The number of aryl methyl sites for hydroxylation is 1. The molecule has 1 atom stereocenters. The minimum absolute atomic E-state index is 0.0933. The van der Waals surface area contributed by atoms with Crippen LogP contribution in [0.5, 0.6) is 0 Å². The number of Topliss-reactive ketones (excluding diaryl/α,β-unsaturated/α-hetero) is 1. The summed E-state index contributed by atoms with van der Waals surface area (Å²) in [5, 5.41) is 2.88. The number of nitrogens with one attached hydrogen (secondary N) is 1. The van der Waals surface area contributed by atoms with E-state index in [1.807, 2.05) is 26.8 Å². The van der Waals surface area contributed by atoms with Crippen LogP contribution in [-0.4, -0.2) is 53.0 Å². The Bertz CT molecular complexity index is 790. The van der Waals surface area contributed by atoms with Crippen LogP contribution in [0.25, 0.3) is 0 Å². The summed E-state index contributed by atoms with van der Waals surface area (Å²) in [6, 6.07) is 1.48. The van der Waals surface area contributed by atoms with Gasteiger partial charge in [0, 0.05) is 24.1 Å². The Morgan fingerprint density at radius 2 is 1.96 bits per heavy atom. The zero-order valence-corrected chi connectivity index (χ0v) is 17.5. The fraction of sp³-hybridized carbons (Fsp3) is 0.667. The second-order valence-corrected chi connectivity index (χ2v) is 8.47. The van der Waals surface area contributed by atoms with Crippen LogP contribution in [0.3, 0.4) is 0 Å². The van der Waals surface area contributed by atoms with Gasteiger partial charge in [-0.15, -0.1) is 0 Å². The topological polar surface area (TPSA) is 80.6 Å². The van der Waals surface area contributed by atoms with E-state index in [0.717, 1.165) is 29.1 Å². The van der Waals surface area contributed by atoms with E-state index in [1.165, 1.54) is 0 Å². The number of urea groups is 1. The molecule has 7 heteroatoms. The molecule has 2 heterocycles. The van der Waals surface area contributed by atoms with E-state index in [9.17, 15) is 14.4 Å². The number of aromatic nitrogens is 1. The smallest absolute Gasteiger partial charge is 0.325 e. The summed E-state index contributed by atoms with van der Waals surface area (Å²) >= 11 is 0. The highest BCUT2D eigenvalue weighted by Gasteiger charge is 2.52. The number of ether oxygens (including phenoxy) is 1. The summed E-state index contributed by atoms with van der Waals surface area (Å²) in [4.78, 5) is 39.5. The average molecular weight is 389 g/mol. The van der Waals surface area contributed by atoms with Crippen LogP contribution in [0.1, 0.15) is 67.3 Å². The fourth-order valence-electron chi connectivity index (χ4n) is 4.70. The molecule has 1 saturated heterocycles. The lowest BCUT2D eigenvalue weighted by atomic mass is 9.77. The molecule has 1 saturated carbocycles. The van der Waals surface area contributed by atoms with Crippen LogP contribution in [0.15, 0.2) is 6.07 Å². The zero-order chi connectivity index (χ0) is 20.6. The van der Waals surface area contributed by atoms with Gasteiger partial charge in [-0.3, -0.25) is 14.5 Å². The van der Waals surface area contributed by atoms with Crippen LogP contribution in [0, 0.1) is 19.8 Å². The number of amides is 3. The van der Waals surface area contributed by atoms with E-state index in [0.29, 0.717) is 30.9 Å². The van der Waals surface area contributed by atoms with Crippen molar-refractivity contribution in [1.82, 2.24) is 14.8 Å². The van der Waals surface area contributed by atoms with Crippen molar-refractivity contribution in [1.29, 1.82) is 0 Å². The molecule has 0 radical (unpaired) electrons. The van der Waals surface area contributed by atoms with Gasteiger partial charge in [-0.25, -0.2) is 4.79 Å². The van der Waals surface area contributed by atoms with Crippen LogP contribution in [0.4, 0.5) is 4.79 Å². The number of carbonyl (C=O) groups excluding carboxylic acids is 3. The van der Waals surface area contributed by atoms with Gasteiger partial charge in [0.05, 0.1) is 19.2 Å². The highest BCUT2D eigenvalue weighted by atomic mass is 16.5. The van der Waals surface area contributed by atoms with Crippen LogP contribution in [0.2, 0.25) is 0 Å². The van der Waals surface area contributed by atoms with E-state index in [2.05, 4.69) is 16.8 Å². The minimum Gasteiger partial charge on any atom is -0.383 e. The van der Waals surface area contributed by atoms with E-state index in [-0.39, 0.29) is 24.3 Å². The maximum atomic E-state index is 13.0. The first-order valence-corrected chi connectivity index (χ1v) is 10.0. The number of nitrogens with zero attached hydrogens (tertiary/aromatic N) is 2. The van der Waals surface area contributed by atoms with Crippen LogP contribution < -0.4 is 5.32 Å². The third kappa shape index (κ3) is 3.48. The van der Waals surface area contributed by atoms with Crippen molar-refractivity contribution >= 4 is 17.7 Å². The van der Waals surface area contributed by atoms with Crippen molar-refractivity contribution in [3.63, 3.8) is 0 Å². The molecule has 3 rings (SSSR count). The molecular weight excluding hydrogens is 358 g/mol. The normalized spacial score (nSPS) is 26.0. The first kappa shape index (κ1) is 20.6. The van der Waals surface area contributed by atoms with E-state index in [4.69, 9.17) is 4.74 Å². The van der Waals surface area contributed by atoms with Gasteiger partial charge in [-0.2, -0.15) is 0 Å². The largest absolute Gasteiger partial charge is 0.383 e. The lowest BCUT2D eigenvalue weighted by Gasteiger charge is -2.33. The molecule has 154 valence electrons. The summed E-state index contributed by atoms with van der Waals surface area (Å²) in [6.07, 6.45) is 3.11. The molecule has 2 aliphatic rings. The Morgan fingerprint density at radius 3 is 2.57 bits per heavy atom. The lowest BCUT2D eigenvalue weighted by molar-refractivity contribution is -0.132. The molecule has 7 nitrogen and oxygen atoms in total. The van der Waals surface area contributed by atoms with Gasteiger partial charge in [-0.05, 0) is 58.4 Å². The molecule has 0 unspecified atom stereocenters. The highest BCUT2D eigenvalue weighted by Crippen LogP contribution is 2.36. The van der Waals surface area contributed by atoms with Gasteiger partial charge >= 0.3 is 6.03 Å². The van der Waals surface area contributed by atoms with Crippen LogP contribution >= 0.6 is 0 Å². The molecule has 0 bridgehead atoms. The SMILES string of the molecule is COC[C@@H](C)n1c(C)cc(C(=O)CN2C(=O)NC3(CCC(C)CC3)C2=O)c1C. The molecule has 1 spiro atoms. The number of carbonyl (C=O) groups is 3. The molecule has 1 aliphatic carbocycles. The summed E-state index contributed by atoms with van der Waals surface area (Å²) < 4.78 is 7.30. The Morgan fingerprint density at radius 1 is 1.32 bits per heavy atom. The van der Waals surface area contributed by atoms with Gasteiger partial charge < -0.3 is 14.6 Å². The van der Waals surface area contributed by atoms with Crippen molar-refractivity contribution in [2.75, 3.05) is 20.3 Å². The average Bonchev–Trinajstić information content (AvgIpc) is 3.06. The molecule has 1 aromatic rings. The molecule has 28 heavy (non-hydrogen) atoms. The number of methoxy groups -OCH3 is 1. The van der Waals surface area contributed by atoms with E-state index >= 15 is 0 Å². The first-order chi connectivity index (χ1) is 13.2. The Balaban J connectivity index is 1.77. The number of hydrogen-bond donors (Lipinski definition) is 1. The number of ketones is 1. The van der Waals surface area contributed by atoms with Crippen molar-refractivity contribution in [2.45, 2.75) is 65.0 Å². The quantitative estimate of drug-likeness (QED) is 0.599. The molecule has 1 aliphatic heterocycles. The fourth-order valence-corrected chi connectivity index (χ4v) is 4.70. The molecule has 1 aromatic heterocycles. The van der Waals surface area contributed by atoms with Crippen molar-refractivity contribution in [2.24, 2.45) is 5.92 Å². The standard InChI is InChI=1S/C21H31N3O4/c1-13-6-8-21(9-7-13)19(26)23(20(27)22-21)11-18(25)17-10-14(2)24(16(17)4)15(3)12-28-5/h10,13,15H,6-9,11-12H2,1-5H3,(H,22,27)/t13?,15-,21?/m1/s1. The number of rotatable bonds is 6. The highest BCUT2D eigenvalue weighted by molar-refractivity contribution is 6.11. The van der Waals surface area contributed by atoms with Gasteiger partial charge in [0.2, 0.25) is 0 Å². The molecule has 2 fully saturated rings. The molecule has 1 N–H and O–H groups in total. The van der Waals surface area contributed by atoms with Crippen LogP contribution in [-0.2, 0) is 9.53 Å². The zero-order valence-electron chi connectivity index (χ0n) is 17.5. The van der Waals surface area contributed by atoms with Crippen molar-refractivity contribution < 1.29 is 19.1 Å². The Kier molecular flexibility index (Phi) is 5.66. The molecular formula is C21H31N3O4. The van der Waals surface area contributed by atoms with Crippen molar-refractivity contribution in [3.8, 4) is 0 Å². The van der Waals surface area contributed by atoms with Crippen molar-refractivity contribution in [3.05, 3.63) is 23.0 Å². The number of imide groups is 1. The maximum absolute atomic E-state index is 13.0. The second kappa shape index (κ2) is 7.70. The molecule has 0 aromatic carbocycles. The maximum Gasteiger partial charge on any atom is 0.325 e. The Hall–Kier alpha value is -2.15. The Labute approximate surface area is 166 Å². The van der Waals surface area contributed by atoms with E-state index in [1.54, 1.807) is 7.11 Å². The monoisotopic (exact) mass is 389 g/mol. The summed E-state index contributed by atoms with van der Waals surface area (Å²) in [7, 11) is 1.65. The third-order valence-electron chi connectivity index (χ3n) is 6.31. The summed E-state index contributed by atoms with van der Waals surface area (Å²) in [6.45, 7) is 8.35. The minimum atomic E-state index is -0.812. The summed E-state index contributed by atoms with van der Waals surface area (Å²) in [5.41, 5.74) is 1.54. The van der Waals surface area contributed by atoms with Gasteiger partial charge in [0.25, 0.3) is 5.91 Å². The number of hydrogen-bond acceptors (Lipinski definition) is 4.